The third-order valence-corrected chi connectivity index (χ3v) is 3.73. The van der Waals surface area contributed by atoms with E-state index >= 15 is 0 Å². The van der Waals surface area contributed by atoms with Crippen LogP contribution in [-0.4, -0.2) is 35.4 Å². The molecule has 20 heavy (non-hydrogen) atoms. The Balaban J connectivity index is 0.00000180. The van der Waals surface area contributed by atoms with Crippen molar-refractivity contribution in [3.05, 3.63) is 29.6 Å². The van der Waals surface area contributed by atoms with Gasteiger partial charge in [0.15, 0.2) is 0 Å². The van der Waals surface area contributed by atoms with E-state index in [1.54, 1.807) is 6.20 Å². The average molecular weight is 320 g/mol. The summed E-state index contributed by atoms with van der Waals surface area (Å²) in [6, 6.07) is 3.91. The quantitative estimate of drug-likeness (QED) is 0.926. The fourth-order valence-electron chi connectivity index (χ4n) is 2.29. The Morgan fingerprint density at radius 1 is 1.45 bits per heavy atom. The molecule has 0 aliphatic carbocycles. The minimum absolute atomic E-state index is 0. The molecule has 1 atom stereocenters. The fourth-order valence-corrected chi connectivity index (χ4v) is 2.29. The van der Waals surface area contributed by atoms with Crippen molar-refractivity contribution >= 4 is 30.7 Å². The Morgan fingerprint density at radius 3 is 2.65 bits per heavy atom. The third kappa shape index (κ3) is 4.62. The highest BCUT2D eigenvalue weighted by molar-refractivity contribution is 5.85. The summed E-state index contributed by atoms with van der Waals surface area (Å²) in [4.78, 5) is 18.3. The molecule has 1 fully saturated rings. The summed E-state index contributed by atoms with van der Waals surface area (Å²) in [5.41, 5.74) is 7.80. The van der Waals surface area contributed by atoms with Crippen LogP contribution in [-0.2, 0) is 11.2 Å². The Morgan fingerprint density at radius 2 is 2.15 bits per heavy atom. The van der Waals surface area contributed by atoms with E-state index in [0.717, 1.165) is 30.8 Å². The Bertz CT molecular complexity index is 439. The first-order valence-corrected chi connectivity index (χ1v) is 6.42. The molecule has 114 valence electrons. The Hall–Kier alpha value is -0.840. The molecule has 1 unspecified atom stereocenters. The van der Waals surface area contributed by atoms with Crippen LogP contribution >= 0.6 is 24.8 Å². The number of carbonyl (C=O) groups is 1. The number of hydrogen-bond donors (Lipinski definition) is 1. The second kappa shape index (κ2) is 7.81. The van der Waals surface area contributed by atoms with Gasteiger partial charge in [-0.15, -0.1) is 24.8 Å². The van der Waals surface area contributed by atoms with E-state index in [9.17, 15) is 4.79 Å². The summed E-state index contributed by atoms with van der Waals surface area (Å²) in [6.07, 6.45) is 3.22. The van der Waals surface area contributed by atoms with Crippen molar-refractivity contribution in [2.45, 2.75) is 26.7 Å². The van der Waals surface area contributed by atoms with Gasteiger partial charge in [-0.2, -0.15) is 0 Å². The number of carbonyl (C=O) groups excluding carboxylic acids is 1. The molecule has 0 bridgehead atoms. The van der Waals surface area contributed by atoms with E-state index in [1.165, 1.54) is 0 Å². The number of pyridine rings is 1. The number of aryl methyl sites for hydroxylation is 1. The van der Waals surface area contributed by atoms with E-state index < -0.39 is 0 Å². The molecule has 0 radical (unpaired) electrons. The molecule has 2 heterocycles. The summed E-state index contributed by atoms with van der Waals surface area (Å²) < 4.78 is 0. The van der Waals surface area contributed by atoms with E-state index in [4.69, 9.17) is 5.73 Å². The van der Waals surface area contributed by atoms with Crippen molar-refractivity contribution in [3.8, 4) is 0 Å². The standard InChI is InChI=1S/C14H21N3O.2ClH/c1-11-3-4-12(8-16-11)7-13(18)17-6-5-14(2,9-15)10-17;;/h3-4,8H,5-7,9-10,15H2,1-2H3;2*1H. The molecule has 0 spiro atoms. The monoisotopic (exact) mass is 319 g/mol. The number of halogens is 2. The third-order valence-electron chi connectivity index (χ3n) is 3.73. The number of nitrogens with zero attached hydrogens (tertiary/aromatic N) is 2. The number of rotatable bonds is 3. The van der Waals surface area contributed by atoms with Crippen molar-refractivity contribution in [3.63, 3.8) is 0 Å². The molecule has 1 aliphatic rings. The minimum Gasteiger partial charge on any atom is -0.342 e. The fraction of sp³-hybridized carbons (Fsp3) is 0.571. The van der Waals surface area contributed by atoms with Crippen LogP contribution in [0.5, 0.6) is 0 Å². The topological polar surface area (TPSA) is 59.2 Å². The SMILES string of the molecule is Cc1ccc(CC(=O)N2CCC(C)(CN)C2)cn1.Cl.Cl. The number of likely N-dealkylation sites (tertiary alicyclic amines) is 1. The zero-order valence-electron chi connectivity index (χ0n) is 12.0. The van der Waals surface area contributed by atoms with Crippen molar-refractivity contribution in [2.24, 2.45) is 11.1 Å². The van der Waals surface area contributed by atoms with E-state index in [0.29, 0.717) is 13.0 Å². The molecule has 4 nitrogen and oxygen atoms in total. The number of aromatic nitrogens is 1. The molecular weight excluding hydrogens is 297 g/mol. The van der Waals surface area contributed by atoms with Gasteiger partial charge < -0.3 is 10.6 Å². The second-order valence-electron chi connectivity index (χ2n) is 5.56. The van der Waals surface area contributed by atoms with Gasteiger partial charge in [-0.05, 0) is 36.9 Å². The van der Waals surface area contributed by atoms with Crippen LogP contribution < -0.4 is 5.73 Å². The molecule has 1 saturated heterocycles. The summed E-state index contributed by atoms with van der Waals surface area (Å²) >= 11 is 0. The molecule has 1 aliphatic heterocycles. The van der Waals surface area contributed by atoms with Gasteiger partial charge in [0.25, 0.3) is 0 Å². The smallest absolute Gasteiger partial charge is 0.227 e. The maximum Gasteiger partial charge on any atom is 0.227 e. The molecule has 0 saturated carbocycles. The lowest BCUT2D eigenvalue weighted by atomic mass is 9.90. The van der Waals surface area contributed by atoms with Crippen LogP contribution in [0.3, 0.4) is 0 Å². The van der Waals surface area contributed by atoms with Gasteiger partial charge in [0, 0.05) is 25.0 Å². The van der Waals surface area contributed by atoms with Crippen molar-refractivity contribution in [2.75, 3.05) is 19.6 Å². The van der Waals surface area contributed by atoms with Gasteiger partial charge in [-0.1, -0.05) is 13.0 Å². The van der Waals surface area contributed by atoms with Gasteiger partial charge >= 0.3 is 0 Å². The highest BCUT2D eigenvalue weighted by Gasteiger charge is 2.34. The normalized spacial score (nSPS) is 21.1. The first-order chi connectivity index (χ1) is 8.52. The maximum absolute atomic E-state index is 12.2. The first kappa shape index (κ1) is 19.2. The summed E-state index contributed by atoms with van der Waals surface area (Å²) in [5, 5.41) is 0. The first-order valence-electron chi connectivity index (χ1n) is 6.42. The van der Waals surface area contributed by atoms with Crippen LogP contribution in [0.4, 0.5) is 0 Å². The minimum atomic E-state index is 0. The summed E-state index contributed by atoms with van der Waals surface area (Å²) in [7, 11) is 0. The molecule has 1 amide bonds. The summed E-state index contributed by atoms with van der Waals surface area (Å²) in [5.74, 6) is 0.179. The molecule has 1 aromatic rings. The predicted molar refractivity (Wildman–Crippen MR) is 85.5 cm³/mol. The lowest BCUT2D eigenvalue weighted by Crippen LogP contribution is -2.35. The van der Waals surface area contributed by atoms with Crippen LogP contribution in [0.25, 0.3) is 0 Å². The van der Waals surface area contributed by atoms with Gasteiger partial charge in [0.05, 0.1) is 6.42 Å². The average Bonchev–Trinajstić information content (AvgIpc) is 2.76. The van der Waals surface area contributed by atoms with Gasteiger partial charge in [0.2, 0.25) is 5.91 Å². The Kier molecular flexibility index (Phi) is 7.49. The van der Waals surface area contributed by atoms with Crippen LogP contribution in [0, 0.1) is 12.3 Å². The molecule has 2 N–H and O–H groups in total. The predicted octanol–water partition coefficient (Wildman–Crippen LogP) is 1.97. The Labute approximate surface area is 132 Å². The van der Waals surface area contributed by atoms with Crippen molar-refractivity contribution in [1.29, 1.82) is 0 Å². The van der Waals surface area contributed by atoms with Gasteiger partial charge in [-0.3, -0.25) is 9.78 Å². The van der Waals surface area contributed by atoms with E-state index in [2.05, 4.69) is 11.9 Å². The highest BCUT2D eigenvalue weighted by atomic mass is 35.5. The second-order valence-corrected chi connectivity index (χ2v) is 5.56. The van der Waals surface area contributed by atoms with Crippen LogP contribution in [0.15, 0.2) is 18.3 Å². The number of hydrogen-bond acceptors (Lipinski definition) is 3. The van der Waals surface area contributed by atoms with Gasteiger partial charge in [0.1, 0.15) is 0 Å². The number of nitrogens with two attached hydrogens (primary N) is 1. The van der Waals surface area contributed by atoms with Crippen molar-refractivity contribution in [1.82, 2.24) is 9.88 Å². The van der Waals surface area contributed by atoms with Crippen molar-refractivity contribution < 1.29 is 4.79 Å². The maximum atomic E-state index is 12.2. The van der Waals surface area contributed by atoms with E-state index in [-0.39, 0.29) is 36.1 Å². The zero-order valence-corrected chi connectivity index (χ0v) is 13.6. The lowest BCUT2D eigenvalue weighted by molar-refractivity contribution is -0.129. The van der Waals surface area contributed by atoms with Crippen LogP contribution in [0.2, 0.25) is 0 Å². The van der Waals surface area contributed by atoms with Crippen LogP contribution in [0.1, 0.15) is 24.6 Å². The lowest BCUT2D eigenvalue weighted by Gasteiger charge is -2.22. The van der Waals surface area contributed by atoms with E-state index in [1.807, 2.05) is 24.0 Å². The summed E-state index contributed by atoms with van der Waals surface area (Å²) in [6.45, 7) is 6.34. The molecule has 0 aromatic carbocycles. The largest absolute Gasteiger partial charge is 0.342 e. The number of amides is 1. The molecule has 1 aromatic heterocycles. The zero-order chi connectivity index (χ0) is 13.2. The van der Waals surface area contributed by atoms with Gasteiger partial charge in [-0.25, -0.2) is 0 Å². The molecule has 6 heteroatoms. The highest BCUT2D eigenvalue weighted by Crippen LogP contribution is 2.28. The molecular formula is C14H23Cl2N3O. The molecule has 2 rings (SSSR count).